The van der Waals surface area contributed by atoms with Crippen molar-refractivity contribution in [2.75, 3.05) is 10.6 Å². The number of hydrogen-bond donors (Lipinski definition) is 2. The van der Waals surface area contributed by atoms with Crippen LogP contribution in [0.3, 0.4) is 0 Å². The molecule has 0 saturated carbocycles. The van der Waals surface area contributed by atoms with Crippen molar-refractivity contribution in [1.82, 2.24) is 4.98 Å². The van der Waals surface area contributed by atoms with E-state index < -0.39 is 0 Å². The molecule has 7 heteroatoms. The Bertz CT molecular complexity index is 668. The van der Waals surface area contributed by atoms with Gasteiger partial charge in [0.15, 0.2) is 5.13 Å². The lowest BCUT2D eigenvalue weighted by atomic mass is 10.2. The Kier molecular flexibility index (Phi) is 5.90. The number of carbonyl (C=O) groups is 2. The van der Waals surface area contributed by atoms with Gasteiger partial charge >= 0.3 is 0 Å². The van der Waals surface area contributed by atoms with Crippen LogP contribution in [0.5, 0.6) is 0 Å². The van der Waals surface area contributed by atoms with Crippen LogP contribution in [0.25, 0.3) is 0 Å². The molecule has 0 fully saturated rings. The van der Waals surface area contributed by atoms with Crippen LogP contribution in [0.2, 0.25) is 0 Å². The topological polar surface area (TPSA) is 71.1 Å². The van der Waals surface area contributed by atoms with Crippen LogP contribution in [0.15, 0.2) is 29.6 Å². The highest BCUT2D eigenvalue weighted by molar-refractivity contribution is 14.1. The normalized spacial score (nSPS) is 10.5. The molecule has 2 aromatic rings. The highest BCUT2D eigenvalue weighted by Gasteiger charge is 2.12. The van der Waals surface area contributed by atoms with Crippen molar-refractivity contribution >= 4 is 56.6 Å². The van der Waals surface area contributed by atoms with Gasteiger partial charge in [0.1, 0.15) is 0 Å². The summed E-state index contributed by atoms with van der Waals surface area (Å²) in [6.07, 6.45) is 0.181. The largest absolute Gasteiger partial charge is 0.326 e. The van der Waals surface area contributed by atoms with E-state index in [1.165, 1.54) is 11.3 Å². The molecule has 0 saturated heterocycles. The molecule has 0 aliphatic carbocycles. The van der Waals surface area contributed by atoms with E-state index in [9.17, 15) is 9.59 Å². The summed E-state index contributed by atoms with van der Waals surface area (Å²) in [5.41, 5.74) is 1.40. The minimum Gasteiger partial charge on any atom is -0.326 e. The maximum atomic E-state index is 12.0. The number of thiazole rings is 1. The molecular formula is C15H16IN3O2S. The number of halogens is 1. The van der Waals surface area contributed by atoms with Gasteiger partial charge in [-0.3, -0.25) is 9.59 Å². The number of benzene rings is 1. The van der Waals surface area contributed by atoms with Crippen molar-refractivity contribution in [1.29, 1.82) is 0 Å². The number of amides is 2. The highest BCUT2D eigenvalue weighted by Crippen LogP contribution is 2.17. The van der Waals surface area contributed by atoms with Gasteiger partial charge in [-0.2, -0.15) is 0 Å². The van der Waals surface area contributed by atoms with Gasteiger partial charge in [-0.05, 0) is 46.9 Å². The first-order chi connectivity index (χ1) is 10.4. The summed E-state index contributed by atoms with van der Waals surface area (Å²) in [6, 6.07) is 7.57. The number of nitrogens with zero attached hydrogens (tertiary/aromatic N) is 1. The molecule has 0 spiro atoms. The number of anilines is 2. The molecule has 22 heavy (non-hydrogen) atoms. The first kappa shape index (κ1) is 16.9. The summed E-state index contributed by atoms with van der Waals surface area (Å²) in [7, 11) is 0. The van der Waals surface area contributed by atoms with Crippen LogP contribution >= 0.6 is 33.9 Å². The second-order valence-electron chi connectivity index (χ2n) is 5.02. The maximum Gasteiger partial charge on any atom is 0.230 e. The quantitative estimate of drug-likeness (QED) is 0.715. The molecule has 1 heterocycles. The molecule has 0 bridgehead atoms. The third-order valence-corrected chi connectivity index (χ3v) is 4.30. The molecular weight excluding hydrogens is 413 g/mol. The first-order valence-corrected chi connectivity index (χ1v) is 8.70. The van der Waals surface area contributed by atoms with Crippen LogP contribution in [-0.2, 0) is 16.0 Å². The van der Waals surface area contributed by atoms with Crippen LogP contribution in [0, 0.1) is 9.49 Å². The standard InChI is InChI=1S/C15H16IN3O2S/c1-9(2)14(21)19-15-18-12(8-22-15)7-13(20)17-11-5-3-10(16)4-6-11/h3-6,8-9H,7H2,1-2H3,(H,17,20)(H,18,19,21). The third kappa shape index (κ3) is 5.06. The van der Waals surface area contributed by atoms with E-state index in [0.717, 1.165) is 9.26 Å². The molecule has 116 valence electrons. The molecule has 2 amide bonds. The van der Waals surface area contributed by atoms with Crippen molar-refractivity contribution in [3.05, 3.63) is 38.9 Å². The van der Waals surface area contributed by atoms with Gasteiger partial charge in [0.25, 0.3) is 0 Å². The van der Waals surface area contributed by atoms with E-state index in [1.54, 1.807) is 5.38 Å². The van der Waals surface area contributed by atoms with E-state index in [0.29, 0.717) is 10.8 Å². The summed E-state index contributed by atoms with van der Waals surface area (Å²) in [5, 5.41) is 7.85. The minimum absolute atomic E-state index is 0.0794. The van der Waals surface area contributed by atoms with Gasteiger partial charge in [0, 0.05) is 20.6 Å². The average Bonchev–Trinajstić information content (AvgIpc) is 2.88. The molecule has 0 unspecified atom stereocenters. The SMILES string of the molecule is CC(C)C(=O)Nc1nc(CC(=O)Nc2ccc(I)cc2)cs1. The van der Waals surface area contributed by atoms with Crippen LogP contribution in [0.1, 0.15) is 19.5 Å². The fraction of sp³-hybridized carbons (Fsp3) is 0.267. The summed E-state index contributed by atoms with van der Waals surface area (Å²) < 4.78 is 1.11. The molecule has 0 aliphatic heterocycles. The Hall–Kier alpha value is -1.48. The van der Waals surface area contributed by atoms with Gasteiger partial charge < -0.3 is 10.6 Å². The summed E-state index contributed by atoms with van der Waals surface area (Å²) in [6.45, 7) is 3.64. The summed E-state index contributed by atoms with van der Waals surface area (Å²) in [4.78, 5) is 27.8. The third-order valence-electron chi connectivity index (χ3n) is 2.78. The predicted molar refractivity (Wildman–Crippen MR) is 97.1 cm³/mol. The molecule has 1 aromatic heterocycles. The predicted octanol–water partition coefficient (Wildman–Crippen LogP) is 3.52. The zero-order valence-electron chi connectivity index (χ0n) is 12.2. The monoisotopic (exact) mass is 429 g/mol. The maximum absolute atomic E-state index is 12.0. The molecule has 1 aromatic carbocycles. The Morgan fingerprint density at radius 1 is 1.23 bits per heavy atom. The van der Waals surface area contributed by atoms with E-state index in [1.807, 2.05) is 38.1 Å². The zero-order chi connectivity index (χ0) is 16.1. The molecule has 2 N–H and O–H groups in total. The van der Waals surface area contributed by atoms with E-state index in [2.05, 4.69) is 38.2 Å². The van der Waals surface area contributed by atoms with Gasteiger partial charge in [-0.15, -0.1) is 11.3 Å². The summed E-state index contributed by atoms with van der Waals surface area (Å²) in [5.74, 6) is -0.311. The van der Waals surface area contributed by atoms with Crippen molar-refractivity contribution in [2.45, 2.75) is 20.3 Å². The highest BCUT2D eigenvalue weighted by atomic mass is 127. The van der Waals surface area contributed by atoms with Crippen molar-refractivity contribution in [3.63, 3.8) is 0 Å². The average molecular weight is 429 g/mol. The fourth-order valence-electron chi connectivity index (χ4n) is 1.60. The van der Waals surface area contributed by atoms with Crippen LogP contribution in [-0.4, -0.2) is 16.8 Å². The van der Waals surface area contributed by atoms with E-state index >= 15 is 0 Å². The fourth-order valence-corrected chi connectivity index (χ4v) is 2.67. The molecule has 0 aliphatic rings. The van der Waals surface area contributed by atoms with E-state index in [-0.39, 0.29) is 24.2 Å². The summed E-state index contributed by atoms with van der Waals surface area (Å²) >= 11 is 3.53. The first-order valence-electron chi connectivity index (χ1n) is 6.74. The molecule has 5 nitrogen and oxygen atoms in total. The lowest BCUT2D eigenvalue weighted by molar-refractivity contribution is -0.119. The van der Waals surface area contributed by atoms with Gasteiger partial charge in [-0.1, -0.05) is 13.8 Å². The zero-order valence-corrected chi connectivity index (χ0v) is 15.2. The van der Waals surface area contributed by atoms with E-state index in [4.69, 9.17) is 0 Å². The Morgan fingerprint density at radius 3 is 2.55 bits per heavy atom. The lowest BCUT2D eigenvalue weighted by Gasteiger charge is -2.04. The molecule has 2 rings (SSSR count). The number of aromatic nitrogens is 1. The minimum atomic E-state index is -0.131. The van der Waals surface area contributed by atoms with Gasteiger partial charge in [0.05, 0.1) is 12.1 Å². The lowest BCUT2D eigenvalue weighted by Crippen LogP contribution is -2.18. The van der Waals surface area contributed by atoms with Crippen molar-refractivity contribution < 1.29 is 9.59 Å². The van der Waals surface area contributed by atoms with Crippen LogP contribution < -0.4 is 10.6 Å². The Morgan fingerprint density at radius 2 is 1.91 bits per heavy atom. The number of nitrogens with one attached hydrogen (secondary N) is 2. The van der Waals surface area contributed by atoms with Crippen molar-refractivity contribution in [3.8, 4) is 0 Å². The number of hydrogen-bond acceptors (Lipinski definition) is 4. The number of rotatable bonds is 5. The second kappa shape index (κ2) is 7.68. The number of carbonyl (C=O) groups excluding carboxylic acids is 2. The molecule has 0 atom stereocenters. The second-order valence-corrected chi connectivity index (χ2v) is 7.12. The smallest absolute Gasteiger partial charge is 0.230 e. The van der Waals surface area contributed by atoms with Gasteiger partial charge in [0.2, 0.25) is 11.8 Å². The Labute approximate surface area is 146 Å². The Balaban J connectivity index is 1.90. The van der Waals surface area contributed by atoms with Gasteiger partial charge in [-0.25, -0.2) is 4.98 Å². The van der Waals surface area contributed by atoms with Crippen molar-refractivity contribution in [2.24, 2.45) is 5.92 Å². The molecule has 0 radical (unpaired) electrons. The van der Waals surface area contributed by atoms with Crippen LogP contribution in [0.4, 0.5) is 10.8 Å².